The quantitative estimate of drug-likeness (QED) is 0.816. The fourth-order valence-corrected chi connectivity index (χ4v) is 1.19. The van der Waals surface area contributed by atoms with Crippen LogP contribution in [0.3, 0.4) is 0 Å². The zero-order chi connectivity index (χ0) is 12.0. The second kappa shape index (κ2) is 6.12. The molecule has 1 aromatic carbocycles. The summed E-state index contributed by atoms with van der Waals surface area (Å²) in [5.74, 6) is -0.783. The van der Waals surface area contributed by atoms with Crippen molar-refractivity contribution < 1.29 is 14.3 Å². The first kappa shape index (κ1) is 12.5. The summed E-state index contributed by atoms with van der Waals surface area (Å²) in [5.41, 5.74) is 0.452. The van der Waals surface area contributed by atoms with E-state index in [2.05, 4.69) is 10.1 Å². The molecule has 0 bridgehead atoms. The van der Waals surface area contributed by atoms with Crippen molar-refractivity contribution >= 4 is 23.5 Å². The van der Waals surface area contributed by atoms with E-state index in [-0.39, 0.29) is 12.5 Å². The van der Waals surface area contributed by atoms with Crippen LogP contribution in [0.4, 0.5) is 0 Å². The summed E-state index contributed by atoms with van der Waals surface area (Å²) in [6.45, 7) is 1.88. The van der Waals surface area contributed by atoms with Gasteiger partial charge in [-0.2, -0.15) is 0 Å². The van der Waals surface area contributed by atoms with Crippen molar-refractivity contribution in [1.29, 1.82) is 0 Å². The van der Waals surface area contributed by atoms with Gasteiger partial charge in [-0.3, -0.25) is 9.59 Å². The average molecular weight is 242 g/mol. The van der Waals surface area contributed by atoms with Gasteiger partial charge < -0.3 is 10.1 Å². The lowest BCUT2D eigenvalue weighted by Crippen LogP contribution is -2.30. The third-order valence-corrected chi connectivity index (χ3v) is 2.06. The van der Waals surface area contributed by atoms with Gasteiger partial charge in [0.25, 0.3) is 5.91 Å². The molecule has 0 aliphatic rings. The molecule has 0 saturated carbocycles. The van der Waals surface area contributed by atoms with Gasteiger partial charge in [-0.25, -0.2) is 0 Å². The number of halogens is 1. The molecule has 0 unspecified atom stereocenters. The highest BCUT2D eigenvalue weighted by Gasteiger charge is 2.07. The predicted molar refractivity (Wildman–Crippen MR) is 60.4 cm³/mol. The maximum absolute atomic E-state index is 11.5. The van der Waals surface area contributed by atoms with E-state index >= 15 is 0 Å². The van der Waals surface area contributed by atoms with Crippen LogP contribution in [0.25, 0.3) is 0 Å². The highest BCUT2D eigenvalue weighted by atomic mass is 35.5. The lowest BCUT2D eigenvalue weighted by atomic mass is 10.2. The Labute approximate surface area is 98.5 Å². The number of rotatable bonds is 4. The molecule has 5 heteroatoms. The molecule has 4 nitrogen and oxygen atoms in total. The van der Waals surface area contributed by atoms with Gasteiger partial charge in [0.1, 0.15) is 6.54 Å². The predicted octanol–water partition coefficient (Wildman–Crippen LogP) is 1.63. The molecule has 0 aromatic heterocycles. The van der Waals surface area contributed by atoms with Crippen molar-refractivity contribution in [2.24, 2.45) is 0 Å². The molecule has 1 rings (SSSR count). The fraction of sp³-hybridized carbons (Fsp3) is 0.273. The van der Waals surface area contributed by atoms with E-state index in [0.717, 1.165) is 0 Å². The Morgan fingerprint density at radius 3 is 2.50 bits per heavy atom. The Bertz CT molecular complexity index is 375. The number of hydrogen-bond donors (Lipinski definition) is 1. The summed E-state index contributed by atoms with van der Waals surface area (Å²) < 4.78 is 4.67. The molecule has 0 saturated heterocycles. The number of benzene rings is 1. The van der Waals surface area contributed by atoms with Crippen LogP contribution in [-0.2, 0) is 9.53 Å². The molecule has 86 valence electrons. The highest BCUT2D eigenvalue weighted by Crippen LogP contribution is 2.09. The van der Waals surface area contributed by atoms with Crippen LogP contribution in [0.2, 0.25) is 5.02 Å². The lowest BCUT2D eigenvalue weighted by Gasteiger charge is -2.04. The highest BCUT2D eigenvalue weighted by molar-refractivity contribution is 6.30. The molecule has 1 aromatic rings. The van der Waals surface area contributed by atoms with Crippen LogP contribution in [0.15, 0.2) is 24.3 Å². The summed E-state index contributed by atoms with van der Waals surface area (Å²) in [6, 6.07) is 6.40. The topological polar surface area (TPSA) is 55.4 Å². The van der Waals surface area contributed by atoms with Gasteiger partial charge in [-0.15, -0.1) is 0 Å². The lowest BCUT2D eigenvalue weighted by molar-refractivity contribution is -0.141. The van der Waals surface area contributed by atoms with Crippen LogP contribution < -0.4 is 5.32 Å². The number of amides is 1. The van der Waals surface area contributed by atoms with Gasteiger partial charge in [-0.05, 0) is 31.2 Å². The molecule has 0 spiro atoms. The van der Waals surface area contributed by atoms with Crippen molar-refractivity contribution in [3.8, 4) is 0 Å². The van der Waals surface area contributed by atoms with E-state index in [1.54, 1.807) is 31.2 Å². The molecule has 0 radical (unpaired) electrons. The smallest absolute Gasteiger partial charge is 0.325 e. The third kappa shape index (κ3) is 3.90. The number of carbonyl (C=O) groups excluding carboxylic acids is 2. The molecular formula is C11H12ClNO3. The third-order valence-electron chi connectivity index (χ3n) is 1.81. The molecule has 0 aliphatic carbocycles. The minimum absolute atomic E-state index is 0.130. The first-order valence-electron chi connectivity index (χ1n) is 4.83. The molecule has 16 heavy (non-hydrogen) atoms. The van der Waals surface area contributed by atoms with E-state index < -0.39 is 5.97 Å². The molecule has 0 fully saturated rings. The summed E-state index contributed by atoms with van der Waals surface area (Å²) in [5, 5.41) is 3.00. The minimum Gasteiger partial charge on any atom is -0.465 e. The minimum atomic E-state index is -0.454. The summed E-state index contributed by atoms with van der Waals surface area (Å²) in [7, 11) is 0. The van der Waals surface area contributed by atoms with Gasteiger partial charge in [0.2, 0.25) is 0 Å². The second-order valence-electron chi connectivity index (χ2n) is 2.99. The maximum Gasteiger partial charge on any atom is 0.325 e. The van der Waals surface area contributed by atoms with Crippen LogP contribution >= 0.6 is 11.6 Å². The Morgan fingerprint density at radius 2 is 1.94 bits per heavy atom. The molecule has 0 atom stereocenters. The summed E-state index contributed by atoms with van der Waals surface area (Å²) in [6.07, 6.45) is 0. The SMILES string of the molecule is CCOC(=O)CNC(=O)c1ccc(Cl)cc1. The van der Waals surface area contributed by atoms with Crippen LogP contribution in [-0.4, -0.2) is 25.0 Å². The molecular weight excluding hydrogens is 230 g/mol. The Morgan fingerprint density at radius 1 is 1.31 bits per heavy atom. The van der Waals surface area contributed by atoms with E-state index in [9.17, 15) is 9.59 Å². The Hall–Kier alpha value is -1.55. The van der Waals surface area contributed by atoms with Crippen molar-refractivity contribution in [3.63, 3.8) is 0 Å². The molecule has 1 N–H and O–H groups in total. The molecule has 0 heterocycles. The van der Waals surface area contributed by atoms with Gasteiger partial charge in [0, 0.05) is 10.6 Å². The Balaban J connectivity index is 2.47. The van der Waals surface area contributed by atoms with Crippen LogP contribution in [0.5, 0.6) is 0 Å². The summed E-state index contributed by atoms with van der Waals surface area (Å²) in [4.78, 5) is 22.5. The number of esters is 1. The van der Waals surface area contributed by atoms with E-state index in [1.165, 1.54) is 0 Å². The number of ether oxygens (including phenoxy) is 1. The van der Waals surface area contributed by atoms with Crippen LogP contribution in [0, 0.1) is 0 Å². The zero-order valence-corrected chi connectivity index (χ0v) is 9.58. The largest absolute Gasteiger partial charge is 0.465 e. The van der Waals surface area contributed by atoms with E-state index in [0.29, 0.717) is 17.2 Å². The monoisotopic (exact) mass is 241 g/mol. The Kier molecular flexibility index (Phi) is 4.79. The fourth-order valence-electron chi connectivity index (χ4n) is 1.07. The van der Waals surface area contributed by atoms with Crippen molar-refractivity contribution in [3.05, 3.63) is 34.9 Å². The second-order valence-corrected chi connectivity index (χ2v) is 3.43. The van der Waals surface area contributed by atoms with Crippen LogP contribution in [0.1, 0.15) is 17.3 Å². The summed E-state index contributed by atoms with van der Waals surface area (Å²) >= 11 is 5.68. The van der Waals surface area contributed by atoms with Gasteiger partial charge in [0.15, 0.2) is 0 Å². The van der Waals surface area contributed by atoms with Crippen molar-refractivity contribution in [1.82, 2.24) is 5.32 Å². The zero-order valence-electron chi connectivity index (χ0n) is 8.83. The van der Waals surface area contributed by atoms with E-state index in [4.69, 9.17) is 11.6 Å². The van der Waals surface area contributed by atoms with Gasteiger partial charge in [0.05, 0.1) is 6.61 Å². The number of hydrogen-bond acceptors (Lipinski definition) is 3. The standard InChI is InChI=1S/C11H12ClNO3/c1-2-16-10(14)7-13-11(15)8-3-5-9(12)6-4-8/h3-6H,2,7H2,1H3,(H,13,15). The average Bonchev–Trinajstić information content (AvgIpc) is 2.27. The molecule has 0 aliphatic heterocycles. The first-order chi connectivity index (χ1) is 7.63. The number of nitrogens with one attached hydrogen (secondary N) is 1. The van der Waals surface area contributed by atoms with Gasteiger partial charge >= 0.3 is 5.97 Å². The van der Waals surface area contributed by atoms with Crippen molar-refractivity contribution in [2.75, 3.05) is 13.2 Å². The molecule has 1 amide bonds. The van der Waals surface area contributed by atoms with Gasteiger partial charge in [-0.1, -0.05) is 11.6 Å². The van der Waals surface area contributed by atoms with Crippen molar-refractivity contribution in [2.45, 2.75) is 6.92 Å². The maximum atomic E-state index is 11.5. The first-order valence-corrected chi connectivity index (χ1v) is 5.20. The number of carbonyl (C=O) groups is 2. The normalized spacial score (nSPS) is 9.62. The van der Waals surface area contributed by atoms with E-state index in [1.807, 2.05) is 0 Å².